The molecule has 2 aromatic heterocycles. The van der Waals surface area contributed by atoms with E-state index in [1.54, 1.807) is 6.20 Å². The maximum absolute atomic E-state index is 6.23. The number of benzene rings is 1. The van der Waals surface area contributed by atoms with E-state index < -0.39 is 0 Å². The number of fused-ring (bicyclic) bond motifs is 1. The van der Waals surface area contributed by atoms with E-state index in [1.165, 1.54) is 0 Å². The van der Waals surface area contributed by atoms with Gasteiger partial charge in [-0.1, -0.05) is 24.3 Å². The minimum atomic E-state index is -0.0399. The Bertz CT molecular complexity index is 1060. The Morgan fingerprint density at radius 2 is 1.26 bits per heavy atom. The number of hydrogen-bond donors (Lipinski definition) is 5. The van der Waals surface area contributed by atoms with Crippen LogP contribution in [-0.2, 0) is 0 Å². The molecule has 0 radical (unpaired) electrons. The van der Waals surface area contributed by atoms with E-state index >= 15 is 0 Å². The number of piperidine rings is 2. The number of anilines is 4. The summed E-state index contributed by atoms with van der Waals surface area (Å²) < 4.78 is 0. The fraction of sp³-hybridized carbons (Fsp3) is 0.455. The normalized spacial score (nSPS) is 25.2. The van der Waals surface area contributed by atoms with Crippen molar-refractivity contribution < 1.29 is 0 Å². The fourth-order valence-corrected chi connectivity index (χ4v) is 4.70. The first-order valence-corrected chi connectivity index (χ1v) is 11.3. The predicted molar refractivity (Wildman–Crippen MR) is 138 cm³/mol. The lowest BCUT2D eigenvalue weighted by Crippen LogP contribution is -2.54. The highest BCUT2D eigenvalue weighted by molar-refractivity contribution is 5.92. The Hall–Kier alpha value is -2.83. The van der Waals surface area contributed by atoms with Gasteiger partial charge in [-0.25, -0.2) is 4.98 Å². The third kappa shape index (κ3) is 5.29. The summed E-state index contributed by atoms with van der Waals surface area (Å²) in [6.45, 7) is 2.51. The summed E-state index contributed by atoms with van der Waals surface area (Å²) >= 11 is 0. The monoisotopic (exact) mass is 485 g/mol. The molecule has 4 atom stereocenters. The zero-order valence-electron chi connectivity index (χ0n) is 18.9. The number of halogens is 1. The number of hydrogen-bond acceptors (Lipinski definition) is 11. The van der Waals surface area contributed by atoms with Crippen molar-refractivity contribution in [1.82, 2.24) is 19.9 Å². The van der Waals surface area contributed by atoms with E-state index in [2.05, 4.69) is 10.3 Å². The standard InChI is InChI=1S/C22H31N11.ClH/c23-14-7-15(24)10-32(9-14)21-29-20(28-19-18-4-2-1-3-13(18)5-6-27-19)30-22(31-21)33-11-16(25)8-17(26)12-33;/h1-6,14-17H,7-12,23-26H2,(H,27,28,29,30,31);1H/t14-,15+,16-,17+;. The van der Waals surface area contributed by atoms with Crippen LogP contribution in [0.4, 0.5) is 23.7 Å². The summed E-state index contributed by atoms with van der Waals surface area (Å²) in [5, 5.41) is 5.35. The minimum absolute atomic E-state index is 0. The molecule has 0 bridgehead atoms. The highest BCUT2D eigenvalue weighted by Crippen LogP contribution is 2.26. The van der Waals surface area contributed by atoms with Gasteiger partial charge in [-0.2, -0.15) is 15.0 Å². The summed E-state index contributed by atoms with van der Waals surface area (Å²) in [5.41, 5.74) is 24.9. The zero-order valence-corrected chi connectivity index (χ0v) is 19.7. The van der Waals surface area contributed by atoms with Gasteiger partial charge in [0.2, 0.25) is 17.8 Å². The van der Waals surface area contributed by atoms with Crippen molar-refractivity contribution in [3.63, 3.8) is 0 Å². The number of pyridine rings is 1. The maximum atomic E-state index is 6.23. The average molecular weight is 486 g/mol. The highest BCUT2D eigenvalue weighted by Gasteiger charge is 2.28. The lowest BCUT2D eigenvalue weighted by Gasteiger charge is -2.37. The topological polar surface area (TPSA) is 174 Å². The Kier molecular flexibility index (Phi) is 7.29. The van der Waals surface area contributed by atoms with Crippen LogP contribution in [0.1, 0.15) is 12.8 Å². The van der Waals surface area contributed by atoms with Crippen LogP contribution in [0, 0.1) is 0 Å². The first-order valence-electron chi connectivity index (χ1n) is 11.3. The molecule has 2 aliphatic rings. The van der Waals surface area contributed by atoms with E-state index in [0.29, 0.717) is 49.8 Å². The zero-order chi connectivity index (χ0) is 22.9. The van der Waals surface area contributed by atoms with Crippen molar-refractivity contribution in [2.45, 2.75) is 37.0 Å². The van der Waals surface area contributed by atoms with Crippen LogP contribution in [0.25, 0.3) is 10.8 Å². The molecule has 3 aromatic rings. The first kappa shape index (κ1) is 24.3. The molecule has 2 aliphatic heterocycles. The second-order valence-electron chi connectivity index (χ2n) is 9.09. The van der Waals surface area contributed by atoms with E-state index in [1.807, 2.05) is 40.1 Å². The molecule has 2 fully saturated rings. The molecule has 12 heteroatoms. The molecule has 0 amide bonds. The summed E-state index contributed by atoms with van der Waals surface area (Å²) in [5.74, 6) is 2.14. The van der Waals surface area contributed by atoms with Crippen LogP contribution in [0.5, 0.6) is 0 Å². The van der Waals surface area contributed by atoms with Crippen molar-refractivity contribution in [2.24, 2.45) is 22.9 Å². The number of aromatic nitrogens is 4. The van der Waals surface area contributed by atoms with Crippen molar-refractivity contribution in [3.8, 4) is 0 Å². The molecule has 0 aliphatic carbocycles. The van der Waals surface area contributed by atoms with E-state index in [4.69, 9.17) is 37.9 Å². The maximum Gasteiger partial charge on any atom is 0.235 e. The molecule has 0 saturated carbocycles. The predicted octanol–water partition coefficient (Wildman–Crippen LogP) is 0.315. The van der Waals surface area contributed by atoms with Crippen LogP contribution in [0.2, 0.25) is 0 Å². The van der Waals surface area contributed by atoms with E-state index in [9.17, 15) is 0 Å². The number of nitrogens with zero attached hydrogens (tertiary/aromatic N) is 6. The lowest BCUT2D eigenvalue weighted by atomic mass is 10.0. The molecule has 0 unspecified atom stereocenters. The Morgan fingerprint density at radius 3 is 1.82 bits per heavy atom. The second kappa shape index (κ2) is 10.2. The Balaban J connectivity index is 0.00000274. The number of nitrogens with one attached hydrogen (secondary N) is 1. The summed E-state index contributed by atoms with van der Waals surface area (Å²) in [4.78, 5) is 22.8. The molecule has 34 heavy (non-hydrogen) atoms. The number of nitrogens with two attached hydrogens (primary N) is 4. The van der Waals surface area contributed by atoms with Gasteiger partial charge < -0.3 is 38.1 Å². The molecular formula is C22H32ClN11. The van der Waals surface area contributed by atoms with Gasteiger partial charge in [-0.05, 0) is 24.3 Å². The fourth-order valence-electron chi connectivity index (χ4n) is 4.70. The SMILES string of the molecule is Cl.N[C@@H]1C[C@H](N)CN(c2nc(Nc3nccc4ccccc34)nc(N3C[C@H](N)C[C@H](N)C3)n2)C1. The molecule has 4 heterocycles. The quantitative estimate of drug-likeness (QED) is 0.344. The minimum Gasteiger partial charge on any atom is -0.338 e. The average Bonchev–Trinajstić information content (AvgIpc) is 2.78. The number of rotatable bonds is 4. The van der Waals surface area contributed by atoms with Gasteiger partial charge in [0.05, 0.1) is 0 Å². The molecular weight excluding hydrogens is 454 g/mol. The van der Waals surface area contributed by atoms with Gasteiger partial charge in [-0.3, -0.25) is 0 Å². The van der Waals surface area contributed by atoms with Crippen LogP contribution in [0.15, 0.2) is 36.5 Å². The molecule has 182 valence electrons. The molecule has 1 aromatic carbocycles. The molecule has 5 rings (SSSR count). The smallest absolute Gasteiger partial charge is 0.235 e. The summed E-state index contributed by atoms with van der Waals surface area (Å²) in [7, 11) is 0. The highest BCUT2D eigenvalue weighted by atomic mass is 35.5. The van der Waals surface area contributed by atoms with Crippen molar-refractivity contribution in [1.29, 1.82) is 0 Å². The van der Waals surface area contributed by atoms with Gasteiger partial charge >= 0.3 is 0 Å². The second-order valence-corrected chi connectivity index (χ2v) is 9.09. The van der Waals surface area contributed by atoms with Gasteiger partial charge in [0.1, 0.15) is 5.82 Å². The van der Waals surface area contributed by atoms with E-state index in [0.717, 1.165) is 23.6 Å². The molecule has 0 spiro atoms. The first-order chi connectivity index (χ1) is 15.9. The van der Waals surface area contributed by atoms with Crippen LogP contribution < -0.4 is 38.1 Å². The van der Waals surface area contributed by atoms with Gasteiger partial charge in [0.25, 0.3) is 0 Å². The van der Waals surface area contributed by atoms with Crippen LogP contribution in [0.3, 0.4) is 0 Å². The van der Waals surface area contributed by atoms with Crippen molar-refractivity contribution >= 4 is 46.8 Å². The van der Waals surface area contributed by atoms with Crippen molar-refractivity contribution in [2.75, 3.05) is 41.3 Å². The summed E-state index contributed by atoms with van der Waals surface area (Å²) in [6.07, 6.45) is 3.31. The third-order valence-electron chi connectivity index (χ3n) is 6.11. The summed E-state index contributed by atoms with van der Waals surface area (Å²) in [6, 6.07) is 9.84. The van der Waals surface area contributed by atoms with Crippen molar-refractivity contribution in [3.05, 3.63) is 36.5 Å². The molecule has 9 N–H and O–H groups in total. The largest absolute Gasteiger partial charge is 0.338 e. The lowest BCUT2D eigenvalue weighted by molar-refractivity contribution is 0.441. The van der Waals surface area contributed by atoms with E-state index in [-0.39, 0.29) is 36.6 Å². The van der Waals surface area contributed by atoms with Gasteiger partial charge in [-0.15, -0.1) is 12.4 Å². The van der Waals surface area contributed by atoms with Gasteiger partial charge in [0.15, 0.2) is 0 Å². The van der Waals surface area contributed by atoms with Gasteiger partial charge in [0, 0.05) is 61.9 Å². The molecule has 2 saturated heterocycles. The van der Waals surface area contributed by atoms with Crippen LogP contribution >= 0.6 is 12.4 Å². The Labute approximate surface area is 204 Å². The third-order valence-corrected chi connectivity index (χ3v) is 6.11. The molecule has 11 nitrogen and oxygen atoms in total. The van der Waals surface area contributed by atoms with Crippen LogP contribution in [-0.4, -0.2) is 70.3 Å². The Morgan fingerprint density at radius 1 is 0.735 bits per heavy atom.